The number of hydrogen-bond donors (Lipinski definition) is 2. The van der Waals surface area contributed by atoms with E-state index < -0.39 is 5.60 Å². The number of aliphatic imine (C=N–C) groups is 1. The Morgan fingerprint density at radius 2 is 1.81 bits per heavy atom. The first-order valence-corrected chi connectivity index (χ1v) is 7.76. The number of carbonyl (C=O) groups is 1. The van der Waals surface area contributed by atoms with Crippen LogP contribution >= 0.6 is 0 Å². The number of rotatable bonds is 7. The van der Waals surface area contributed by atoms with Gasteiger partial charge in [0.25, 0.3) is 0 Å². The van der Waals surface area contributed by atoms with E-state index in [0.717, 1.165) is 25.3 Å². The van der Waals surface area contributed by atoms with Gasteiger partial charge >= 0.3 is 6.09 Å². The number of nitrogens with one attached hydrogen (secondary N) is 2. The van der Waals surface area contributed by atoms with Gasteiger partial charge in [0, 0.05) is 33.2 Å². The van der Waals surface area contributed by atoms with Gasteiger partial charge in [-0.2, -0.15) is 0 Å². The molecule has 0 saturated heterocycles. The minimum Gasteiger partial charge on any atom is -0.444 e. The monoisotopic (exact) mass is 300 g/mol. The molecule has 0 atom stereocenters. The minimum absolute atomic E-state index is 0.277. The molecular formula is C15H32N4O2. The Balaban J connectivity index is 4.13. The molecule has 6 nitrogen and oxygen atoms in total. The van der Waals surface area contributed by atoms with Crippen LogP contribution in [0.1, 0.15) is 47.5 Å². The normalized spacial score (nSPS) is 12.0. The lowest BCUT2D eigenvalue weighted by Gasteiger charge is -2.26. The molecule has 0 rings (SSSR count). The van der Waals surface area contributed by atoms with Gasteiger partial charge in [0.15, 0.2) is 5.96 Å². The predicted octanol–water partition coefficient (Wildman–Crippen LogP) is 2.21. The number of amides is 1. The Morgan fingerprint density at radius 1 is 1.19 bits per heavy atom. The highest BCUT2D eigenvalue weighted by molar-refractivity contribution is 5.79. The maximum atomic E-state index is 12.0. The van der Waals surface area contributed by atoms with Crippen LogP contribution in [0.3, 0.4) is 0 Å². The molecule has 0 aromatic heterocycles. The van der Waals surface area contributed by atoms with Gasteiger partial charge in [-0.05, 0) is 34.1 Å². The van der Waals surface area contributed by atoms with Crippen molar-refractivity contribution in [2.45, 2.75) is 53.1 Å². The maximum Gasteiger partial charge on any atom is 0.410 e. The Hall–Kier alpha value is -1.46. The smallest absolute Gasteiger partial charge is 0.410 e. The molecule has 0 radical (unpaired) electrons. The standard InChI is InChI=1S/C15H32N4O2/c1-7-9-10-17-13(16-6)18-11-12-19(8-2)14(20)21-15(3,4)5/h7-12H2,1-6H3,(H2,16,17,18). The van der Waals surface area contributed by atoms with Gasteiger partial charge in [-0.15, -0.1) is 0 Å². The summed E-state index contributed by atoms with van der Waals surface area (Å²) in [4.78, 5) is 17.8. The molecule has 0 fully saturated rings. The lowest BCUT2D eigenvalue weighted by Crippen LogP contribution is -2.44. The van der Waals surface area contributed by atoms with E-state index in [9.17, 15) is 4.79 Å². The molecule has 0 spiro atoms. The molecule has 1 amide bonds. The molecule has 0 aliphatic rings. The molecule has 0 aliphatic heterocycles. The van der Waals surface area contributed by atoms with E-state index in [0.29, 0.717) is 19.6 Å². The van der Waals surface area contributed by atoms with Crippen LogP contribution in [0, 0.1) is 0 Å². The predicted molar refractivity (Wildman–Crippen MR) is 87.8 cm³/mol. The van der Waals surface area contributed by atoms with Crippen LogP contribution in [0.4, 0.5) is 4.79 Å². The average Bonchev–Trinajstić information content (AvgIpc) is 2.39. The number of ether oxygens (including phenoxy) is 1. The Labute approximate surface area is 129 Å². The van der Waals surface area contributed by atoms with E-state index in [1.807, 2.05) is 27.7 Å². The summed E-state index contributed by atoms with van der Waals surface area (Å²) < 4.78 is 5.37. The fraction of sp³-hybridized carbons (Fsp3) is 0.867. The summed E-state index contributed by atoms with van der Waals surface area (Å²) in [5.74, 6) is 0.767. The zero-order chi connectivity index (χ0) is 16.3. The van der Waals surface area contributed by atoms with Crippen molar-refractivity contribution in [2.75, 3.05) is 33.2 Å². The molecule has 124 valence electrons. The number of hydrogen-bond acceptors (Lipinski definition) is 3. The van der Waals surface area contributed by atoms with Gasteiger partial charge in [-0.25, -0.2) is 4.79 Å². The molecule has 6 heteroatoms. The van der Waals surface area contributed by atoms with Crippen LogP contribution in [0.15, 0.2) is 4.99 Å². The van der Waals surface area contributed by atoms with Crippen LogP contribution in [0.2, 0.25) is 0 Å². The van der Waals surface area contributed by atoms with Crippen molar-refractivity contribution < 1.29 is 9.53 Å². The fourth-order valence-corrected chi connectivity index (χ4v) is 1.62. The Bertz CT molecular complexity index is 324. The zero-order valence-corrected chi connectivity index (χ0v) is 14.5. The number of unbranched alkanes of at least 4 members (excludes halogenated alkanes) is 1. The topological polar surface area (TPSA) is 66.0 Å². The number of guanidine groups is 1. The van der Waals surface area contributed by atoms with Gasteiger partial charge in [0.1, 0.15) is 5.60 Å². The number of carbonyl (C=O) groups excluding carboxylic acids is 1. The van der Waals surface area contributed by atoms with Crippen molar-refractivity contribution in [3.8, 4) is 0 Å². The third-order valence-electron chi connectivity index (χ3n) is 2.75. The van der Waals surface area contributed by atoms with Crippen molar-refractivity contribution >= 4 is 12.1 Å². The van der Waals surface area contributed by atoms with Crippen LogP contribution < -0.4 is 10.6 Å². The van der Waals surface area contributed by atoms with E-state index in [1.54, 1.807) is 11.9 Å². The second-order valence-corrected chi connectivity index (χ2v) is 5.84. The molecule has 0 aromatic carbocycles. The van der Waals surface area contributed by atoms with Gasteiger partial charge in [0.05, 0.1) is 0 Å². The zero-order valence-electron chi connectivity index (χ0n) is 14.5. The lowest BCUT2D eigenvalue weighted by molar-refractivity contribution is 0.0264. The summed E-state index contributed by atoms with van der Waals surface area (Å²) >= 11 is 0. The molecule has 0 aromatic rings. The van der Waals surface area contributed by atoms with Crippen molar-refractivity contribution in [1.82, 2.24) is 15.5 Å². The summed E-state index contributed by atoms with van der Waals surface area (Å²) in [6, 6.07) is 0. The highest BCUT2D eigenvalue weighted by atomic mass is 16.6. The third-order valence-corrected chi connectivity index (χ3v) is 2.75. The largest absolute Gasteiger partial charge is 0.444 e. The van der Waals surface area contributed by atoms with Crippen LogP contribution in [-0.2, 0) is 4.74 Å². The highest BCUT2D eigenvalue weighted by Gasteiger charge is 2.20. The molecule has 0 saturated carbocycles. The van der Waals surface area contributed by atoms with Crippen LogP contribution in [0.5, 0.6) is 0 Å². The summed E-state index contributed by atoms with van der Waals surface area (Å²) in [6.45, 7) is 12.5. The Kier molecular flexibility index (Phi) is 9.58. The van der Waals surface area contributed by atoms with Crippen LogP contribution in [-0.4, -0.2) is 55.8 Å². The lowest BCUT2D eigenvalue weighted by atomic mass is 10.2. The third kappa shape index (κ3) is 9.98. The van der Waals surface area contributed by atoms with Gasteiger partial charge in [-0.3, -0.25) is 4.99 Å². The first kappa shape index (κ1) is 19.5. The van der Waals surface area contributed by atoms with E-state index in [2.05, 4.69) is 22.5 Å². The van der Waals surface area contributed by atoms with Crippen molar-refractivity contribution in [2.24, 2.45) is 4.99 Å². The summed E-state index contributed by atoms with van der Waals surface area (Å²) in [5, 5.41) is 6.43. The van der Waals surface area contributed by atoms with Crippen LogP contribution in [0.25, 0.3) is 0 Å². The van der Waals surface area contributed by atoms with E-state index >= 15 is 0 Å². The van der Waals surface area contributed by atoms with Gasteiger partial charge in [-0.1, -0.05) is 13.3 Å². The molecular weight excluding hydrogens is 268 g/mol. The SMILES string of the molecule is CCCCNC(=NC)NCCN(CC)C(=O)OC(C)(C)C. The fourth-order valence-electron chi connectivity index (χ4n) is 1.62. The molecule has 2 N–H and O–H groups in total. The quantitative estimate of drug-likeness (QED) is 0.430. The van der Waals surface area contributed by atoms with E-state index in [1.165, 1.54) is 0 Å². The molecule has 0 heterocycles. The molecule has 0 bridgehead atoms. The van der Waals surface area contributed by atoms with Crippen molar-refractivity contribution in [3.63, 3.8) is 0 Å². The summed E-state index contributed by atoms with van der Waals surface area (Å²) in [7, 11) is 1.74. The highest BCUT2D eigenvalue weighted by Crippen LogP contribution is 2.09. The van der Waals surface area contributed by atoms with Gasteiger partial charge in [0.2, 0.25) is 0 Å². The Morgan fingerprint density at radius 3 is 2.29 bits per heavy atom. The first-order chi connectivity index (χ1) is 9.84. The summed E-state index contributed by atoms with van der Waals surface area (Å²) in [6.07, 6.45) is 1.98. The number of likely N-dealkylation sites (N-methyl/N-ethyl adjacent to an activating group) is 1. The molecule has 21 heavy (non-hydrogen) atoms. The minimum atomic E-state index is -0.463. The maximum absolute atomic E-state index is 12.0. The van der Waals surface area contributed by atoms with Gasteiger partial charge < -0.3 is 20.3 Å². The molecule has 0 aliphatic carbocycles. The summed E-state index contributed by atoms with van der Waals surface area (Å²) in [5.41, 5.74) is -0.463. The number of nitrogens with zero attached hydrogens (tertiary/aromatic N) is 2. The van der Waals surface area contributed by atoms with E-state index in [-0.39, 0.29) is 6.09 Å². The van der Waals surface area contributed by atoms with Crippen molar-refractivity contribution in [3.05, 3.63) is 0 Å². The molecule has 0 unspecified atom stereocenters. The second-order valence-electron chi connectivity index (χ2n) is 5.84. The average molecular weight is 300 g/mol. The second kappa shape index (κ2) is 10.3. The van der Waals surface area contributed by atoms with Crippen molar-refractivity contribution in [1.29, 1.82) is 0 Å². The van der Waals surface area contributed by atoms with E-state index in [4.69, 9.17) is 4.74 Å². The first-order valence-electron chi connectivity index (χ1n) is 7.76.